The Hall–Kier alpha value is -0.0200. The SMILES string of the molecule is CCNCCCSC(C)=O. The molecule has 0 radical (unpaired) electrons. The number of thioether (sulfide) groups is 1. The van der Waals surface area contributed by atoms with Crippen LogP contribution >= 0.6 is 11.8 Å². The van der Waals surface area contributed by atoms with Crippen molar-refractivity contribution < 1.29 is 4.79 Å². The zero-order valence-corrected chi connectivity index (χ0v) is 7.46. The largest absolute Gasteiger partial charge is 0.317 e. The predicted molar refractivity (Wildman–Crippen MR) is 46.3 cm³/mol. The first-order chi connectivity index (χ1) is 4.77. The Morgan fingerprint density at radius 1 is 1.60 bits per heavy atom. The molecule has 60 valence electrons. The molecule has 3 heteroatoms. The lowest BCUT2D eigenvalue weighted by Gasteiger charge is -1.98. The molecule has 10 heavy (non-hydrogen) atoms. The van der Waals surface area contributed by atoms with Crippen LogP contribution in [0.25, 0.3) is 0 Å². The van der Waals surface area contributed by atoms with E-state index in [1.165, 1.54) is 11.8 Å². The van der Waals surface area contributed by atoms with Crippen molar-refractivity contribution in [1.82, 2.24) is 5.32 Å². The number of hydrogen-bond acceptors (Lipinski definition) is 3. The molecule has 0 saturated carbocycles. The van der Waals surface area contributed by atoms with Crippen LogP contribution in [-0.4, -0.2) is 24.0 Å². The quantitative estimate of drug-likeness (QED) is 0.616. The first kappa shape index (κ1) is 9.98. The Labute approximate surface area is 66.8 Å². The number of hydrogen-bond donors (Lipinski definition) is 1. The molecule has 0 rings (SSSR count). The minimum absolute atomic E-state index is 0.219. The lowest BCUT2D eigenvalue weighted by molar-refractivity contribution is -0.109. The van der Waals surface area contributed by atoms with E-state index in [9.17, 15) is 4.79 Å². The highest BCUT2D eigenvalue weighted by Crippen LogP contribution is 2.01. The lowest BCUT2D eigenvalue weighted by atomic mass is 10.5. The van der Waals surface area contributed by atoms with Crippen molar-refractivity contribution in [2.75, 3.05) is 18.8 Å². The Bertz CT molecular complexity index is 95.6. The van der Waals surface area contributed by atoms with E-state index in [-0.39, 0.29) is 5.12 Å². The maximum Gasteiger partial charge on any atom is 0.185 e. The molecule has 0 fully saturated rings. The topological polar surface area (TPSA) is 29.1 Å². The molecule has 0 spiro atoms. The average molecular weight is 161 g/mol. The summed E-state index contributed by atoms with van der Waals surface area (Å²) in [7, 11) is 0. The van der Waals surface area contributed by atoms with Crippen molar-refractivity contribution in [2.24, 2.45) is 0 Å². The van der Waals surface area contributed by atoms with Crippen LogP contribution in [0.15, 0.2) is 0 Å². The zero-order valence-electron chi connectivity index (χ0n) is 6.64. The van der Waals surface area contributed by atoms with E-state index in [0.29, 0.717) is 0 Å². The fourth-order valence-electron chi connectivity index (χ4n) is 0.590. The third-order valence-electron chi connectivity index (χ3n) is 1.05. The van der Waals surface area contributed by atoms with Crippen molar-refractivity contribution in [2.45, 2.75) is 20.3 Å². The first-order valence-electron chi connectivity index (χ1n) is 3.61. The molecule has 0 bridgehead atoms. The highest BCUT2D eigenvalue weighted by molar-refractivity contribution is 8.13. The molecule has 0 aromatic rings. The van der Waals surface area contributed by atoms with Gasteiger partial charge in [0.2, 0.25) is 0 Å². The standard InChI is InChI=1S/C7H15NOS/c1-3-8-5-4-6-10-7(2)9/h8H,3-6H2,1-2H3. The van der Waals surface area contributed by atoms with Gasteiger partial charge in [0.15, 0.2) is 5.12 Å². The van der Waals surface area contributed by atoms with E-state index in [1.807, 2.05) is 0 Å². The van der Waals surface area contributed by atoms with Crippen LogP contribution in [-0.2, 0) is 4.79 Å². The van der Waals surface area contributed by atoms with Gasteiger partial charge >= 0.3 is 0 Å². The second-order valence-corrected chi connectivity index (χ2v) is 3.32. The summed E-state index contributed by atoms with van der Waals surface area (Å²) in [6.45, 7) is 5.73. The van der Waals surface area contributed by atoms with Gasteiger partial charge in [-0.1, -0.05) is 18.7 Å². The van der Waals surface area contributed by atoms with Gasteiger partial charge in [0.1, 0.15) is 0 Å². The Kier molecular flexibility index (Phi) is 7.08. The molecule has 0 aliphatic heterocycles. The third-order valence-corrected chi connectivity index (χ3v) is 1.95. The second-order valence-electron chi connectivity index (χ2n) is 2.05. The maximum absolute atomic E-state index is 10.4. The molecule has 0 amide bonds. The average Bonchev–Trinajstić information content (AvgIpc) is 1.87. The number of nitrogens with one attached hydrogen (secondary N) is 1. The normalized spacial score (nSPS) is 9.80. The minimum atomic E-state index is 0.219. The van der Waals surface area contributed by atoms with Gasteiger partial charge in [-0.25, -0.2) is 0 Å². The summed E-state index contributed by atoms with van der Waals surface area (Å²) < 4.78 is 0. The van der Waals surface area contributed by atoms with Crippen molar-refractivity contribution in [3.05, 3.63) is 0 Å². The highest BCUT2D eigenvalue weighted by Gasteiger charge is 1.91. The number of carbonyl (C=O) groups excluding carboxylic acids is 1. The van der Waals surface area contributed by atoms with Gasteiger partial charge in [-0.15, -0.1) is 0 Å². The number of carbonyl (C=O) groups is 1. The lowest BCUT2D eigenvalue weighted by Crippen LogP contribution is -2.14. The van der Waals surface area contributed by atoms with Gasteiger partial charge in [0.05, 0.1) is 0 Å². The van der Waals surface area contributed by atoms with Crippen molar-refractivity contribution in [1.29, 1.82) is 0 Å². The minimum Gasteiger partial charge on any atom is -0.317 e. The molecule has 0 aromatic carbocycles. The van der Waals surface area contributed by atoms with Crippen LogP contribution in [0.2, 0.25) is 0 Å². The fourth-order valence-corrected chi connectivity index (χ4v) is 1.17. The monoisotopic (exact) mass is 161 g/mol. The molecule has 0 heterocycles. The summed E-state index contributed by atoms with van der Waals surface area (Å²) >= 11 is 1.40. The smallest absolute Gasteiger partial charge is 0.185 e. The number of rotatable bonds is 5. The van der Waals surface area contributed by atoms with Crippen molar-refractivity contribution in [3.8, 4) is 0 Å². The summed E-state index contributed by atoms with van der Waals surface area (Å²) in [6.07, 6.45) is 1.08. The molecule has 0 aliphatic rings. The molecule has 1 N–H and O–H groups in total. The zero-order chi connectivity index (χ0) is 7.82. The van der Waals surface area contributed by atoms with Crippen molar-refractivity contribution >= 4 is 16.9 Å². The van der Waals surface area contributed by atoms with Gasteiger partial charge in [-0.3, -0.25) is 4.79 Å². The van der Waals surface area contributed by atoms with Crippen LogP contribution in [0.5, 0.6) is 0 Å². The van der Waals surface area contributed by atoms with E-state index in [4.69, 9.17) is 0 Å². The van der Waals surface area contributed by atoms with Crippen LogP contribution in [0, 0.1) is 0 Å². The predicted octanol–water partition coefficient (Wildman–Crippen LogP) is 1.27. The van der Waals surface area contributed by atoms with E-state index in [0.717, 1.165) is 25.3 Å². The van der Waals surface area contributed by atoms with Gasteiger partial charge in [-0.05, 0) is 19.5 Å². The van der Waals surface area contributed by atoms with E-state index in [1.54, 1.807) is 6.92 Å². The molecule has 0 saturated heterocycles. The molecular formula is C7H15NOS. The van der Waals surface area contributed by atoms with E-state index >= 15 is 0 Å². The molecule has 0 unspecified atom stereocenters. The summed E-state index contributed by atoms with van der Waals surface area (Å²) in [4.78, 5) is 10.4. The summed E-state index contributed by atoms with van der Waals surface area (Å²) in [5.74, 6) is 0.947. The Morgan fingerprint density at radius 2 is 2.30 bits per heavy atom. The first-order valence-corrected chi connectivity index (χ1v) is 4.60. The highest BCUT2D eigenvalue weighted by atomic mass is 32.2. The van der Waals surface area contributed by atoms with Crippen molar-refractivity contribution in [3.63, 3.8) is 0 Å². The Morgan fingerprint density at radius 3 is 2.80 bits per heavy atom. The maximum atomic E-state index is 10.4. The van der Waals surface area contributed by atoms with Crippen LogP contribution in [0.4, 0.5) is 0 Å². The molecular weight excluding hydrogens is 146 g/mol. The third kappa shape index (κ3) is 7.98. The van der Waals surface area contributed by atoms with Gasteiger partial charge in [0, 0.05) is 12.7 Å². The fraction of sp³-hybridized carbons (Fsp3) is 0.857. The molecule has 0 atom stereocenters. The van der Waals surface area contributed by atoms with Crippen LogP contribution in [0.3, 0.4) is 0 Å². The molecule has 0 aliphatic carbocycles. The Balaban J connectivity index is 2.84. The van der Waals surface area contributed by atoms with Gasteiger partial charge < -0.3 is 5.32 Å². The van der Waals surface area contributed by atoms with Gasteiger partial charge in [-0.2, -0.15) is 0 Å². The molecule has 0 aromatic heterocycles. The van der Waals surface area contributed by atoms with Gasteiger partial charge in [0.25, 0.3) is 0 Å². The second kappa shape index (κ2) is 7.09. The van der Waals surface area contributed by atoms with E-state index in [2.05, 4.69) is 12.2 Å². The van der Waals surface area contributed by atoms with Crippen LogP contribution < -0.4 is 5.32 Å². The molecule has 2 nitrogen and oxygen atoms in total. The summed E-state index contributed by atoms with van der Waals surface area (Å²) in [5.41, 5.74) is 0. The summed E-state index contributed by atoms with van der Waals surface area (Å²) in [6, 6.07) is 0. The summed E-state index contributed by atoms with van der Waals surface area (Å²) in [5, 5.41) is 3.42. The van der Waals surface area contributed by atoms with Crippen LogP contribution in [0.1, 0.15) is 20.3 Å². The van der Waals surface area contributed by atoms with E-state index < -0.39 is 0 Å².